The zero-order valence-corrected chi connectivity index (χ0v) is 11.1. The van der Waals surface area contributed by atoms with Crippen molar-refractivity contribution in [1.29, 1.82) is 0 Å². The van der Waals surface area contributed by atoms with Gasteiger partial charge in [0.25, 0.3) is 0 Å². The third-order valence-corrected chi connectivity index (χ3v) is 2.29. The van der Waals surface area contributed by atoms with Gasteiger partial charge in [-0.3, -0.25) is 14.9 Å². The van der Waals surface area contributed by atoms with Crippen molar-refractivity contribution in [3.05, 3.63) is 28.3 Å². The van der Waals surface area contributed by atoms with Crippen molar-refractivity contribution in [2.75, 3.05) is 19.0 Å². The lowest BCUT2D eigenvalue weighted by molar-refractivity contribution is -0.384. The molecule has 0 atom stereocenters. The maximum atomic E-state index is 11.5. The molecule has 0 aliphatic carbocycles. The summed E-state index contributed by atoms with van der Waals surface area (Å²) in [4.78, 5) is 22.0. The first-order valence-electron chi connectivity index (χ1n) is 5.80. The predicted octanol–water partition coefficient (Wildman–Crippen LogP) is 1.54. The fourth-order valence-electron chi connectivity index (χ4n) is 1.57. The van der Waals surface area contributed by atoms with Crippen molar-refractivity contribution in [3.8, 4) is 5.75 Å². The van der Waals surface area contributed by atoms with Crippen molar-refractivity contribution in [3.63, 3.8) is 0 Å². The van der Waals surface area contributed by atoms with Crippen molar-refractivity contribution in [2.24, 2.45) is 0 Å². The molecule has 1 rings (SSSR count). The van der Waals surface area contributed by atoms with Crippen LogP contribution in [0, 0.1) is 10.1 Å². The first kappa shape index (κ1) is 14.7. The molecular weight excluding hydrogens is 250 g/mol. The molecular formula is C12H17N3O4. The molecule has 0 aromatic heterocycles. The summed E-state index contributed by atoms with van der Waals surface area (Å²) < 4.78 is 4.94. The lowest BCUT2D eigenvalue weighted by Crippen LogP contribution is -2.34. The molecule has 0 spiro atoms. The number of carbonyl (C=O) groups excluding carboxylic acids is 1. The van der Waals surface area contributed by atoms with Gasteiger partial charge in [0.05, 0.1) is 18.6 Å². The molecule has 0 heterocycles. The number of rotatable bonds is 6. The van der Waals surface area contributed by atoms with Gasteiger partial charge >= 0.3 is 5.69 Å². The molecule has 0 radical (unpaired) electrons. The van der Waals surface area contributed by atoms with Gasteiger partial charge in [0.15, 0.2) is 5.75 Å². The van der Waals surface area contributed by atoms with Gasteiger partial charge in [-0.15, -0.1) is 0 Å². The Balaban J connectivity index is 2.84. The summed E-state index contributed by atoms with van der Waals surface area (Å²) in [6.07, 6.45) is 0. The summed E-state index contributed by atoms with van der Waals surface area (Å²) in [6, 6.07) is 4.67. The van der Waals surface area contributed by atoms with Crippen LogP contribution >= 0.6 is 0 Å². The smallest absolute Gasteiger partial charge is 0.333 e. The lowest BCUT2D eigenvalue weighted by Gasteiger charge is -2.11. The highest BCUT2D eigenvalue weighted by atomic mass is 16.6. The number of para-hydroxylation sites is 1. The molecule has 0 aliphatic rings. The van der Waals surface area contributed by atoms with Crippen LogP contribution in [0.1, 0.15) is 13.8 Å². The Hall–Kier alpha value is -2.31. The highest BCUT2D eigenvalue weighted by Crippen LogP contribution is 2.34. The van der Waals surface area contributed by atoms with Crippen molar-refractivity contribution in [1.82, 2.24) is 5.32 Å². The van der Waals surface area contributed by atoms with E-state index in [9.17, 15) is 14.9 Å². The highest BCUT2D eigenvalue weighted by Gasteiger charge is 2.20. The number of hydrogen-bond donors (Lipinski definition) is 2. The van der Waals surface area contributed by atoms with E-state index in [2.05, 4.69) is 10.6 Å². The third-order valence-electron chi connectivity index (χ3n) is 2.29. The van der Waals surface area contributed by atoms with E-state index >= 15 is 0 Å². The van der Waals surface area contributed by atoms with Crippen LogP contribution in [0.4, 0.5) is 11.4 Å². The van der Waals surface area contributed by atoms with E-state index in [0.717, 1.165) is 0 Å². The Labute approximate surface area is 111 Å². The molecule has 1 aromatic rings. The first-order chi connectivity index (χ1) is 8.95. The minimum absolute atomic E-state index is 0.0228. The molecule has 7 nitrogen and oxygen atoms in total. The van der Waals surface area contributed by atoms with Gasteiger partial charge in [0.2, 0.25) is 5.91 Å². The number of carbonyl (C=O) groups is 1. The lowest BCUT2D eigenvalue weighted by atomic mass is 10.2. The highest BCUT2D eigenvalue weighted by molar-refractivity contribution is 5.82. The predicted molar refractivity (Wildman–Crippen MR) is 71.4 cm³/mol. The molecule has 1 aromatic carbocycles. The molecule has 0 fully saturated rings. The molecule has 104 valence electrons. The van der Waals surface area contributed by atoms with Gasteiger partial charge in [-0.05, 0) is 26.0 Å². The van der Waals surface area contributed by atoms with Gasteiger partial charge in [0.1, 0.15) is 5.69 Å². The van der Waals surface area contributed by atoms with E-state index in [0.29, 0.717) is 0 Å². The number of nitro benzene ring substituents is 1. The van der Waals surface area contributed by atoms with E-state index in [-0.39, 0.29) is 35.6 Å². The van der Waals surface area contributed by atoms with E-state index in [1.165, 1.54) is 19.2 Å². The van der Waals surface area contributed by atoms with Gasteiger partial charge in [-0.25, -0.2) is 0 Å². The summed E-state index contributed by atoms with van der Waals surface area (Å²) in [6.45, 7) is 3.64. The minimum atomic E-state index is -0.540. The second-order valence-electron chi connectivity index (χ2n) is 4.19. The number of methoxy groups -OCH3 is 1. The normalized spacial score (nSPS) is 10.1. The van der Waals surface area contributed by atoms with Crippen molar-refractivity contribution < 1.29 is 14.5 Å². The Morgan fingerprint density at radius 2 is 2.16 bits per heavy atom. The van der Waals surface area contributed by atoms with Crippen LogP contribution in [-0.4, -0.2) is 30.5 Å². The largest absolute Gasteiger partial charge is 0.490 e. The topological polar surface area (TPSA) is 93.5 Å². The number of anilines is 1. The van der Waals surface area contributed by atoms with E-state index in [1.807, 2.05) is 13.8 Å². The fraction of sp³-hybridized carbons (Fsp3) is 0.417. The Kier molecular flexibility index (Phi) is 5.11. The van der Waals surface area contributed by atoms with Gasteiger partial charge in [-0.1, -0.05) is 6.07 Å². The summed E-state index contributed by atoms with van der Waals surface area (Å²) in [5.41, 5.74) is 0.0746. The molecule has 0 aliphatic heterocycles. The Bertz CT molecular complexity index is 474. The number of nitrogens with zero attached hydrogens (tertiary/aromatic N) is 1. The Morgan fingerprint density at radius 1 is 1.47 bits per heavy atom. The van der Waals surface area contributed by atoms with Crippen LogP contribution in [0.15, 0.2) is 18.2 Å². The zero-order chi connectivity index (χ0) is 14.4. The van der Waals surface area contributed by atoms with Crippen molar-refractivity contribution in [2.45, 2.75) is 19.9 Å². The monoisotopic (exact) mass is 267 g/mol. The second-order valence-corrected chi connectivity index (χ2v) is 4.19. The van der Waals surface area contributed by atoms with E-state index in [4.69, 9.17) is 4.74 Å². The van der Waals surface area contributed by atoms with Crippen LogP contribution in [-0.2, 0) is 4.79 Å². The van der Waals surface area contributed by atoms with E-state index in [1.54, 1.807) is 6.07 Å². The fourth-order valence-corrected chi connectivity index (χ4v) is 1.57. The van der Waals surface area contributed by atoms with Crippen molar-refractivity contribution >= 4 is 17.3 Å². The number of hydrogen-bond acceptors (Lipinski definition) is 5. The third kappa shape index (κ3) is 4.13. The molecule has 0 saturated carbocycles. The number of amides is 1. The summed E-state index contributed by atoms with van der Waals surface area (Å²) in [7, 11) is 1.36. The standard InChI is InChI=1S/C12H17N3O4/c1-8(2)14-11(16)7-13-9-5-4-6-10(19-3)12(9)15(17)18/h4-6,8,13H,7H2,1-3H3,(H,14,16). The van der Waals surface area contributed by atoms with Gasteiger partial charge in [-0.2, -0.15) is 0 Å². The molecule has 0 saturated heterocycles. The van der Waals surface area contributed by atoms with Gasteiger partial charge < -0.3 is 15.4 Å². The molecule has 1 amide bonds. The number of benzene rings is 1. The SMILES string of the molecule is COc1cccc(NCC(=O)NC(C)C)c1[N+](=O)[O-]. The number of nitro groups is 1. The van der Waals surface area contributed by atoms with Crippen LogP contribution in [0.2, 0.25) is 0 Å². The molecule has 7 heteroatoms. The number of ether oxygens (including phenoxy) is 1. The zero-order valence-electron chi connectivity index (χ0n) is 11.1. The van der Waals surface area contributed by atoms with Crippen LogP contribution in [0.25, 0.3) is 0 Å². The average molecular weight is 267 g/mol. The van der Waals surface area contributed by atoms with Crippen LogP contribution in [0.3, 0.4) is 0 Å². The average Bonchev–Trinajstić information content (AvgIpc) is 2.34. The summed E-state index contributed by atoms with van der Waals surface area (Å²) in [5, 5.41) is 16.4. The molecule has 19 heavy (non-hydrogen) atoms. The number of nitrogens with one attached hydrogen (secondary N) is 2. The maximum Gasteiger partial charge on any atom is 0.333 e. The van der Waals surface area contributed by atoms with Crippen LogP contribution in [0.5, 0.6) is 5.75 Å². The second kappa shape index (κ2) is 6.58. The molecule has 0 bridgehead atoms. The Morgan fingerprint density at radius 3 is 2.68 bits per heavy atom. The summed E-state index contributed by atoms with van der Waals surface area (Å²) in [5.74, 6) is -0.0774. The van der Waals surface area contributed by atoms with Crippen LogP contribution < -0.4 is 15.4 Å². The quantitative estimate of drug-likeness (QED) is 0.602. The summed E-state index contributed by atoms with van der Waals surface area (Å²) >= 11 is 0. The van der Waals surface area contributed by atoms with E-state index < -0.39 is 4.92 Å². The molecule has 2 N–H and O–H groups in total. The maximum absolute atomic E-state index is 11.5. The first-order valence-corrected chi connectivity index (χ1v) is 5.80. The minimum Gasteiger partial charge on any atom is -0.490 e. The van der Waals surface area contributed by atoms with Gasteiger partial charge in [0, 0.05) is 6.04 Å². The molecule has 0 unspecified atom stereocenters.